The molecule has 0 bridgehead atoms. The number of hydrogen-bond donors (Lipinski definition) is 0. The number of nitriles is 2. The van der Waals surface area contributed by atoms with Crippen molar-refractivity contribution < 1.29 is 0 Å². The minimum atomic E-state index is 0.363. The van der Waals surface area contributed by atoms with Crippen LogP contribution < -0.4 is 4.90 Å². The predicted molar refractivity (Wildman–Crippen MR) is 255 cm³/mol. The van der Waals surface area contributed by atoms with Crippen molar-refractivity contribution in [2.45, 2.75) is 0 Å². The van der Waals surface area contributed by atoms with Gasteiger partial charge < -0.3 is 9.47 Å². The second kappa shape index (κ2) is 16.5. The maximum Gasteiger partial charge on any atom is 0.198 e. The summed E-state index contributed by atoms with van der Waals surface area (Å²) in [7, 11) is 0. The average Bonchev–Trinajstić information content (AvgIpc) is 3.70. The van der Waals surface area contributed by atoms with Crippen molar-refractivity contribution in [2.24, 2.45) is 0 Å². The van der Waals surface area contributed by atoms with Crippen LogP contribution in [0.4, 0.5) is 28.4 Å². The highest BCUT2D eigenvalue weighted by Crippen LogP contribution is 2.41. The molecule has 0 aliphatic rings. The van der Waals surface area contributed by atoms with Gasteiger partial charge in [-0.15, -0.1) is 0 Å². The molecule has 0 N–H and O–H groups in total. The summed E-state index contributed by atoms with van der Waals surface area (Å²) in [5.74, 6) is 0.364. The highest BCUT2D eigenvalue weighted by Gasteiger charge is 2.21. The molecule has 2 heterocycles. The predicted octanol–water partition coefficient (Wildman–Crippen LogP) is 14.6. The van der Waals surface area contributed by atoms with Crippen molar-refractivity contribution >= 4 is 50.2 Å². The molecule has 64 heavy (non-hydrogen) atoms. The number of nitrogens with zero attached hydrogens (tertiary/aromatic N) is 8. The molecule has 10 rings (SSSR count). The zero-order chi connectivity index (χ0) is 43.6. The summed E-state index contributed by atoms with van der Waals surface area (Å²) in [5.41, 5.74) is 11.6. The van der Waals surface area contributed by atoms with E-state index in [1.54, 1.807) is 18.2 Å². The molecule has 0 radical (unpaired) electrons. The largest absolute Gasteiger partial charge is 0.310 e. The van der Waals surface area contributed by atoms with Gasteiger partial charge in [0.05, 0.1) is 58.8 Å². The maximum atomic E-state index is 10.7. The van der Waals surface area contributed by atoms with Crippen LogP contribution in [0.2, 0.25) is 0 Å². The van der Waals surface area contributed by atoms with Crippen molar-refractivity contribution in [2.75, 3.05) is 4.90 Å². The Labute approximate surface area is 369 Å². The first kappa shape index (κ1) is 38.6. The lowest BCUT2D eigenvalue weighted by Gasteiger charge is -2.25. The SMILES string of the molecule is [C-]#[N+]c1ccccc1-c1cc(-c2ccc(-c3c(C#N)cc(-n4c5ccccc5c5cc(N(c6ccccc6)c6ccccc6)ccc54)cc3C#N)cc2)nc(-c2ccccc2[N+]#[C-])n1. The van der Waals surface area contributed by atoms with E-state index < -0.39 is 0 Å². The van der Waals surface area contributed by atoms with E-state index in [-0.39, 0.29) is 0 Å². The van der Waals surface area contributed by atoms with E-state index in [4.69, 9.17) is 23.1 Å². The second-order valence-electron chi connectivity index (χ2n) is 15.0. The molecule has 0 spiro atoms. The Morgan fingerprint density at radius 2 is 1.00 bits per heavy atom. The Hall–Kier alpha value is -9.60. The third kappa shape index (κ3) is 6.83. The van der Waals surface area contributed by atoms with Gasteiger partial charge in [-0.3, -0.25) is 0 Å². The minimum absolute atomic E-state index is 0.363. The first-order chi connectivity index (χ1) is 31.6. The summed E-state index contributed by atoms with van der Waals surface area (Å²) in [4.78, 5) is 19.5. The van der Waals surface area contributed by atoms with E-state index in [9.17, 15) is 10.5 Å². The van der Waals surface area contributed by atoms with E-state index in [2.05, 4.69) is 85.9 Å². The van der Waals surface area contributed by atoms with Crippen molar-refractivity contribution in [3.05, 3.63) is 228 Å². The molecule has 8 heteroatoms. The topological polar surface area (TPSA) is 90.2 Å². The summed E-state index contributed by atoms with van der Waals surface area (Å²) in [5, 5.41) is 23.5. The van der Waals surface area contributed by atoms with Gasteiger partial charge in [-0.2, -0.15) is 10.5 Å². The number of para-hydroxylation sites is 5. The van der Waals surface area contributed by atoms with Gasteiger partial charge in [-0.05, 0) is 72.3 Å². The van der Waals surface area contributed by atoms with Crippen LogP contribution in [0.15, 0.2) is 194 Å². The number of aromatic nitrogens is 3. The van der Waals surface area contributed by atoms with E-state index in [0.717, 1.165) is 44.4 Å². The van der Waals surface area contributed by atoms with Gasteiger partial charge in [-0.25, -0.2) is 19.7 Å². The van der Waals surface area contributed by atoms with Gasteiger partial charge in [0.25, 0.3) is 0 Å². The van der Waals surface area contributed by atoms with Crippen molar-refractivity contribution in [3.8, 4) is 62.9 Å². The standard InChI is InChI=1S/C56H32N8/c1-59-49-22-12-9-20-46(49)52-34-51(61-56(62-52)47-21-10-13-23-50(47)60-2)37-25-27-38(28-26-37)55-39(35-57)31-44(32-40(55)36-58)64-53-24-14-11-19-45(53)48-33-43(29-30-54(48)64)63(41-15-5-3-6-16-41)42-17-7-4-8-18-42/h3-34H. The number of fused-ring (bicyclic) bond motifs is 3. The van der Waals surface area contributed by atoms with Crippen LogP contribution in [0, 0.1) is 35.8 Å². The first-order valence-electron chi connectivity index (χ1n) is 20.4. The van der Waals surface area contributed by atoms with Crippen molar-refractivity contribution in [3.63, 3.8) is 0 Å². The molecule has 0 aliphatic heterocycles. The zero-order valence-electron chi connectivity index (χ0n) is 34.1. The third-order valence-electron chi connectivity index (χ3n) is 11.3. The zero-order valence-corrected chi connectivity index (χ0v) is 34.1. The summed E-state index contributed by atoms with van der Waals surface area (Å²) in [6.45, 7) is 15.6. The van der Waals surface area contributed by atoms with Crippen LogP contribution in [0.1, 0.15) is 11.1 Å². The van der Waals surface area contributed by atoms with Crippen LogP contribution in [-0.4, -0.2) is 14.5 Å². The monoisotopic (exact) mass is 816 g/mol. The molecule has 0 saturated carbocycles. The number of hydrogen-bond acceptors (Lipinski definition) is 5. The smallest absolute Gasteiger partial charge is 0.198 e. The minimum Gasteiger partial charge on any atom is -0.310 e. The molecule has 0 amide bonds. The van der Waals surface area contributed by atoms with Crippen molar-refractivity contribution in [1.29, 1.82) is 10.5 Å². The third-order valence-corrected chi connectivity index (χ3v) is 11.3. The molecule has 10 aromatic rings. The highest BCUT2D eigenvalue weighted by atomic mass is 15.1. The fourth-order valence-electron chi connectivity index (χ4n) is 8.43. The van der Waals surface area contributed by atoms with E-state index in [0.29, 0.717) is 67.7 Å². The maximum absolute atomic E-state index is 10.7. The Kier molecular flexibility index (Phi) is 9.92. The van der Waals surface area contributed by atoms with Gasteiger partial charge in [0.2, 0.25) is 0 Å². The number of rotatable bonds is 8. The molecule has 0 atom stereocenters. The lowest BCUT2D eigenvalue weighted by atomic mass is 9.93. The van der Waals surface area contributed by atoms with Crippen LogP contribution in [0.25, 0.3) is 82.2 Å². The molecule has 0 fully saturated rings. The van der Waals surface area contributed by atoms with Gasteiger partial charge in [0.15, 0.2) is 11.4 Å². The summed E-state index contributed by atoms with van der Waals surface area (Å²) < 4.78 is 2.13. The summed E-state index contributed by atoms with van der Waals surface area (Å²) in [6, 6.07) is 67.6. The van der Waals surface area contributed by atoms with Crippen LogP contribution in [0.5, 0.6) is 0 Å². The average molecular weight is 817 g/mol. The van der Waals surface area contributed by atoms with E-state index in [1.807, 2.05) is 121 Å². The second-order valence-corrected chi connectivity index (χ2v) is 15.0. The molecule has 0 aliphatic carbocycles. The quantitative estimate of drug-likeness (QED) is 0.142. The molecular weight excluding hydrogens is 785 g/mol. The van der Waals surface area contributed by atoms with Gasteiger partial charge in [0, 0.05) is 55.8 Å². The number of benzene rings is 8. The fourth-order valence-corrected chi connectivity index (χ4v) is 8.43. The van der Waals surface area contributed by atoms with Gasteiger partial charge in [0.1, 0.15) is 5.82 Å². The lowest BCUT2D eigenvalue weighted by molar-refractivity contribution is 1.17. The molecular formula is C56H32N8. The molecule has 296 valence electrons. The highest BCUT2D eigenvalue weighted by molar-refractivity contribution is 6.11. The fraction of sp³-hybridized carbons (Fsp3) is 0. The van der Waals surface area contributed by atoms with Crippen LogP contribution in [0.3, 0.4) is 0 Å². The molecule has 2 aromatic heterocycles. The normalized spacial score (nSPS) is 10.8. The van der Waals surface area contributed by atoms with E-state index >= 15 is 0 Å². The lowest BCUT2D eigenvalue weighted by Crippen LogP contribution is -2.09. The van der Waals surface area contributed by atoms with E-state index in [1.165, 1.54) is 0 Å². The number of anilines is 3. The Balaban J connectivity index is 1.07. The van der Waals surface area contributed by atoms with Crippen molar-refractivity contribution in [1.82, 2.24) is 14.5 Å². The molecule has 0 unspecified atom stereocenters. The summed E-state index contributed by atoms with van der Waals surface area (Å²) >= 11 is 0. The first-order valence-corrected chi connectivity index (χ1v) is 20.4. The van der Waals surface area contributed by atoms with Crippen LogP contribution >= 0.6 is 0 Å². The molecule has 8 nitrogen and oxygen atoms in total. The van der Waals surface area contributed by atoms with Gasteiger partial charge >= 0.3 is 0 Å². The Morgan fingerprint density at radius 1 is 0.469 bits per heavy atom. The molecule has 0 saturated heterocycles. The summed E-state index contributed by atoms with van der Waals surface area (Å²) in [6.07, 6.45) is 0. The molecule has 8 aromatic carbocycles. The Morgan fingerprint density at radius 3 is 1.64 bits per heavy atom. The van der Waals surface area contributed by atoms with Crippen LogP contribution in [-0.2, 0) is 0 Å². The van der Waals surface area contributed by atoms with Gasteiger partial charge in [-0.1, -0.05) is 127 Å². The Bertz CT molecular complexity index is 3450.